The molecule has 2 aromatic rings. The minimum atomic E-state index is -4.24. The smallest absolute Gasteiger partial charge is 0.326 e. The first-order chi connectivity index (χ1) is 15.3. The highest BCUT2D eigenvalue weighted by atomic mass is 32.2. The van der Waals surface area contributed by atoms with Gasteiger partial charge >= 0.3 is 10.2 Å². The molecule has 0 unspecified atom stereocenters. The first kappa shape index (κ1) is 21.0. The summed E-state index contributed by atoms with van der Waals surface area (Å²) in [6.07, 6.45) is 2.49. The van der Waals surface area contributed by atoms with E-state index in [9.17, 15) is 18.3 Å². The number of carbonyl (C=O) groups is 1. The fraction of sp³-hybridized carbons (Fsp3) is 0.409. The molecule has 1 aliphatic carbocycles. The zero-order chi connectivity index (χ0) is 22.5. The summed E-state index contributed by atoms with van der Waals surface area (Å²) in [6, 6.07) is 11.5. The molecule has 2 fully saturated rings. The molecule has 0 bridgehead atoms. The quantitative estimate of drug-likeness (QED) is 0.627. The molecule has 0 aromatic heterocycles. The number of fused-ring (bicyclic) bond motifs is 1. The van der Waals surface area contributed by atoms with Crippen LogP contribution in [-0.4, -0.2) is 45.2 Å². The van der Waals surface area contributed by atoms with Gasteiger partial charge in [0.05, 0.1) is 0 Å². The van der Waals surface area contributed by atoms with Crippen LogP contribution in [0.1, 0.15) is 29.9 Å². The van der Waals surface area contributed by atoms with E-state index in [0.717, 1.165) is 19.4 Å². The van der Waals surface area contributed by atoms with Crippen molar-refractivity contribution < 1.29 is 27.4 Å². The highest BCUT2D eigenvalue weighted by Crippen LogP contribution is 2.43. The lowest BCUT2D eigenvalue weighted by atomic mass is 9.71. The first-order valence-electron chi connectivity index (χ1n) is 10.6. The minimum Gasteiger partial charge on any atom is -0.505 e. The monoisotopic (exact) mass is 461 g/mol. The number of nitrogens with one attached hydrogen (secondary N) is 2. The van der Waals surface area contributed by atoms with Gasteiger partial charge in [-0.25, -0.2) is 13.4 Å². The van der Waals surface area contributed by atoms with Gasteiger partial charge in [0.25, 0.3) is 5.91 Å². The number of nitrogens with zero attached hydrogens (tertiary/aromatic N) is 1. The summed E-state index contributed by atoms with van der Waals surface area (Å²) in [5.41, 5.74) is 1.01. The van der Waals surface area contributed by atoms with Crippen molar-refractivity contribution in [2.24, 2.45) is 5.92 Å². The van der Waals surface area contributed by atoms with Crippen LogP contribution in [0.15, 0.2) is 36.4 Å². The standard InChI is InChI=1S/C22H24FN3O5S/c23-21-17-8-16(24-10-13-6-15(7-13)14-4-2-1-3-5-14)12-31-19(17)9-18(27)22(21)26-11-20(28)25-32(26,29)30/h1-5,9,13,15-16,24,27H,6-8,10-12H2,(H,25,28)/t13?,15?,16-/m0/s1. The van der Waals surface area contributed by atoms with Gasteiger partial charge in [0.2, 0.25) is 0 Å². The van der Waals surface area contributed by atoms with Crippen LogP contribution in [0.25, 0.3) is 0 Å². The number of carbonyl (C=O) groups excluding carboxylic acids is 1. The van der Waals surface area contributed by atoms with Crippen LogP contribution in [0.2, 0.25) is 0 Å². The van der Waals surface area contributed by atoms with Crippen molar-refractivity contribution in [1.29, 1.82) is 0 Å². The van der Waals surface area contributed by atoms with Crippen molar-refractivity contribution in [3.05, 3.63) is 53.3 Å². The molecule has 170 valence electrons. The summed E-state index contributed by atoms with van der Waals surface area (Å²) in [4.78, 5) is 11.5. The van der Waals surface area contributed by atoms with Crippen LogP contribution >= 0.6 is 0 Å². The van der Waals surface area contributed by atoms with E-state index in [0.29, 0.717) is 29.2 Å². The number of phenols is 1. The number of hydrogen-bond donors (Lipinski definition) is 3. The zero-order valence-corrected chi connectivity index (χ0v) is 18.1. The molecule has 10 heteroatoms. The Bertz CT molecular complexity index is 1150. The number of ether oxygens (including phenoxy) is 1. The van der Waals surface area contributed by atoms with Crippen LogP contribution < -0.4 is 19.1 Å². The van der Waals surface area contributed by atoms with E-state index in [2.05, 4.69) is 29.6 Å². The molecule has 32 heavy (non-hydrogen) atoms. The summed E-state index contributed by atoms with van der Waals surface area (Å²) in [5, 5.41) is 13.7. The molecular formula is C22H24FN3O5S. The number of amides is 1. The Morgan fingerprint density at radius 2 is 2.00 bits per heavy atom. The lowest BCUT2D eigenvalue weighted by Gasteiger charge is -2.37. The van der Waals surface area contributed by atoms with Crippen molar-refractivity contribution in [3.8, 4) is 11.5 Å². The van der Waals surface area contributed by atoms with Crippen molar-refractivity contribution >= 4 is 21.8 Å². The lowest BCUT2D eigenvalue weighted by Crippen LogP contribution is -2.44. The molecule has 1 saturated heterocycles. The van der Waals surface area contributed by atoms with E-state index in [1.807, 2.05) is 6.07 Å². The number of anilines is 1. The molecule has 1 amide bonds. The summed E-state index contributed by atoms with van der Waals surface area (Å²) in [7, 11) is -4.24. The van der Waals surface area contributed by atoms with E-state index < -0.39 is 39.9 Å². The van der Waals surface area contributed by atoms with E-state index in [4.69, 9.17) is 4.74 Å². The lowest BCUT2D eigenvalue weighted by molar-refractivity contribution is -0.117. The molecule has 2 aromatic carbocycles. The van der Waals surface area contributed by atoms with Gasteiger partial charge in [-0.05, 0) is 43.2 Å². The highest BCUT2D eigenvalue weighted by molar-refractivity contribution is 7.92. The van der Waals surface area contributed by atoms with Gasteiger partial charge in [-0.1, -0.05) is 30.3 Å². The van der Waals surface area contributed by atoms with Crippen LogP contribution in [0.3, 0.4) is 0 Å². The second-order valence-corrected chi connectivity index (χ2v) is 10.2. The van der Waals surface area contributed by atoms with Gasteiger partial charge < -0.3 is 15.2 Å². The number of hydrogen-bond acceptors (Lipinski definition) is 6. The third-order valence-electron chi connectivity index (χ3n) is 6.44. The van der Waals surface area contributed by atoms with Gasteiger partial charge in [-0.15, -0.1) is 0 Å². The number of phenolic OH excluding ortho intramolecular Hbond substituents is 1. The van der Waals surface area contributed by atoms with Gasteiger partial charge in [-0.3, -0.25) is 4.79 Å². The summed E-state index contributed by atoms with van der Waals surface area (Å²) >= 11 is 0. The van der Waals surface area contributed by atoms with Gasteiger partial charge in [0.15, 0.2) is 5.82 Å². The predicted molar refractivity (Wildman–Crippen MR) is 115 cm³/mol. The van der Waals surface area contributed by atoms with Crippen molar-refractivity contribution in [2.75, 3.05) is 24.0 Å². The Morgan fingerprint density at radius 1 is 1.25 bits per heavy atom. The van der Waals surface area contributed by atoms with Crippen LogP contribution in [-0.2, 0) is 21.4 Å². The average molecular weight is 462 g/mol. The van der Waals surface area contributed by atoms with Gasteiger partial charge in [0.1, 0.15) is 30.3 Å². The Morgan fingerprint density at radius 3 is 2.69 bits per heavy atom. The maximum atomic E-state index is 15.3. The van der Waals surface area contributed by atoms with Gasteiger partial charge in [0, 0.05) is 17.7 Å². The Labute approximate surface area is 185 Å². The molecule has 5 rings (SSSR count). The molecule has 3 aliphatic rings. The van der Waals surface area contributed by atoms with Crippen molar-refractivity contribution in [1.82, 2.24) is 10.0 Å². The third kappa shape index (κ3) is 3.77. The fourth-order valence-electron chi connectivity index (χ4n) is 4.71. The van der Waals surface area contributed by atoms with Gasteiger partial charge in [-0.2, -0.15) is 8.42 Å². The van der Waals surface area contributed by atoms with Crippen LogP contribution in [0.5, 0.6) is 11.5 Å². The Hall–Kier alpha value is -2.85. The van der Waals surface area contributed by atoms with Crippen LogP contribution in [0.4, 0.5) is 10.1 Å². The first-order valence-corrected chi connectivity index (χ1v) is 12.0. The van der Waals surface area contributed by atoms with E-state index >= 15 is 4.39 Å². The topological polar surface area (TPSA) is 108 Å². The number of aromatic hydroxyl groups is 1. The average Bonchev–Trinajstić information content (AvgIpc) is 2.99. The second-order valence-electron chi connectivity index (χ2n) is 8.64. The zero-order valence-electron chi connectivity index (χ0n) is 17.3. The second kappa shape index (κ2) is 7.93. The number of halogens is 1. The third-order valence-corrected chi connectivity index (χ3v) is 7.82. The molecule has 2 aliphatic heterocycles. The summed E-state index contributed by atoms with van der Waals surface area (Å²) in [6.45, 7) is 0.526. The fourth-order valence-corrected chi connectivity index (χ4v) is 5.87. The SMILES string of the molecule is O=C1CN(c2c(O)cc3c(c2F)C[C@H](NCC2CC(c4ccccc4)C2)CO3)S(=O)(=O)N1. The van der Waals surface area contributed by atoms with Crippen LogP contribution in [0, 0.1) is 11.7 Å². The number of rotatable bonds is 5. The molecule has 3 N–H and O–H groups in total. The maximum absolute atomic E-state index is 15.3. The molecule has 1 saturated carbocycles. The predicted octanol–water partition coefficient (Wildman–Crippen LogP) is 1.80. The Kier molecular flexibility index (Phi) is 5.21. The van der Waals surface area contributed by atoms with Crippen molar-refractivity contribution in [2.45, 2.75) is 31.2 Å². The maximum Gasteiger partial charge on any atom is 0.326 e. The summed E-state index contributed by atoms with van der Waals surface area (Å²) < 4.78 is 47.6. The molecule has 0 spiro atoms. The molecular weight excluding hydrogens is 437 g/mol. The van der Waals surface area contributed by atoms with E-state index in [-0.39, 0.29) is 17.4 Å². The largest absolute Gasteiger partial charge is 0.505 e. The van der Waals surface area contributed by atoms with E-state index in [1.165, 1.54) is 11.6 Å². The van der Waals surface area contributed by atoms with E-state index in [1.54, 1.807) is 4.72 Å². The molecule has 8 nitrogen and oxygen atoms in total. The molecule has 2 heterocycles. The summed E-state index contributed by atoms with van der Waals surface area (Å²) in [5.74, 6) is -0.965. The minimum absolute atomic E-state index is 0.139. The molecule has 0 radical (unpaired) electrons. The number of benzene rings is 2. The Balaban J connectivity index is 1.25. The normalized spacial score (nSPS) is 26.1. The van der Waals surface area contributed by atoms with Crippen molar-refractivity contribution in [3.63, 3.8) is 0 Å². The molecule has 1 atom stereocenters. The highest BCUT2D eigenvalue weighted by Gasteiger charge is 2.39.